The maximum atomic E-state index is 12.8. The van der Waals surface area contributed by atoms with E-state index in [-0.39, 0.29) is 11.5 Å². The minimum Gasteiger partial charge on any atom is -0.399 e. The van der Waals surface area contributed by atoms with E-state index in [2.05, 4.69) is 4.98 Å². The molecule has 0 aliphatic heterocycles. The molecule has 2 heterocycles. The molecule has 2 N–H and O–H groups in total. The minimum atomic E-state index is -0.0472. The Labute approximate surface area is 122 Å². The van der Waals surface area contributed by atoms with Crippen molar-refractivity contribution in [2.24, 2.45) is 0 Å². The van der Waals surface area contributed by atoms with E-state index < -0.39 is 0 Å². The first-order valence-corrected chi connectivity index (χ1v) is 6.95. The van der Waals surface area contributed by atoms with Gasteiger partial charge in [-0.15, -0.1) is 0 Å². The second-order valence-electron chi connectivity index (χ2n) is 5.38. The fourth-order valence-corrected chi connectivity index (χ4v) is 2.45. The van der Waals surface area contributed by atoms with Crippen LogP contribution in [0.1, 0.15) is 25.5 Å². The standard InChI is InChI=1S/C17H17N3O/c1-11(2)16-15(12-6-8-13(18)9-7-12)17(21)20-10-4-3-5-14(20)19-16/h3-11H,18H2,1-2H3. The number of nitrogen functional groups attached to an aromatic ring is 1. The third-order valence-corrected chi connectivity index (χ3v) is 3.51. The predicted octanol–water partition coefficient (Wildman–Crippen LogP) is 3.07. The van der Waals surface area contributed by atoms with Crippen LogP contribution < -0.4 is 11.3 Å². The highest BCUT2D eigenvalue weighted by Crippen LogP contribution is 2.25. The fourth-order valence-electron chi connectivity index (χ4n) is 2.45. The Kier molecular flexibility index (Phi) is 3.22. The van der Waals surface area contributed by atoms with Gasteiger partial charge in [-0.25, -0.2) is 4.98 Å². The number of rotatable bonds is 2. The topological polar surface area (TPSA) is 60.4 Å². The molecule has 0 aliphatic carbocycles. The maximum absolute atomic E-state index is 12.8. The van der Waals surface area contributed by atoms with Crippen LogP contribution in [0.4, 0.5) is 5.69 Å². The van der Waals surface area contributed by atoms with Gasteiger partial charge in [-0.1, -0.05) is 32.0 Å². The van der Waals surface area contributed by atoms with Gasteiger partial charge in [0.15, 0.2) is 0 Å². The number of benzene rings is 1. The van der Waals surface area contributed by atoms with E-state index in [0.717, 1.165) is 11.3 Å². The Balaban J connectivity index is 2.39. The molecule has 2 aromatic heterocycles. The van der Waals surface area contributed by atoms with Gasteiger partial charge < -0.3 is 5.73 Å². The second-order valence-corrected chi connectivity index (χ2v) is 5.38. The van der Waals surface area contributed by atoms with Crippen LogP contribution in [0.3, 0.4) is 0 Å². The Bertz CT molecular complexity index is 848. The number of nitrogens with zero attached hydrogens (tertiary/aromatic N) is 2. The number of pyridine rings is 1. The summed E-state index contributed by atoms with van der Waals surface area (Å²) in [6.07, 6.45) is 1.75. The van der Waals surface area contributed by atoms with E-state index in [4.69, 9.17) is 5.73 Å². The fraction of sp³-hybridized carbons (Fsp3) is 0.176. The van der Waals surface area contributed by atoms with Crippen LogP contribution in [0, 0.1) is 0 Å². The van der Waals surface area contributed by atoms with Crippen molar-refractivity contribution in [3.63, 3.8) is 0 Å². The largest absolute Gasteiger partial charge is 0.399 e. The number of aromatic nitrogens is 2. The van der Waals surface area contributed by atoms with E-state index in [9.17, 15) is 4.79 Å². The number of fused-ring (bicyclic) bond motifs is 1. The summed E-state index contributed by atoms with van der Waals surface area (Å²) in [6.45, 7) is 4.09. The normalized spacial score (nSPS) is 11.2. The van der Waals surface area contributed by atoms with Gasteiger partial charge in [0.05, 0.1) is 11.3 Å². The first kappa shape index (κ1) is 13.4. The highest BCUT2D eigenvalue weighted by molar-refractivity contribution is 5.68. The van der Waals surface area contributed by atoms with Gasteiger partial charge in [-0.3, -0.25) is 9.20 Å². The second kappa shape index (κ2) is 5.05. The van der Waals surface area contributed by atoms with E-state index >= 15 is 0 Å². The molecule has 0 aliphatic rings. The molecule has 0 atom stereocenters. The van der Waals surface area contributed by atoms with Gasteiger partial charge in [-0.2, -0.15) is 0 Å². The van der Waals surface area contributed by atoms with Crippen LogP contribution in [0.15, 0.2) is 53.5 Å². The monoisotopic (exact) mass is 279 g/mol. The zero-order chi connectivity index (χ0) is 15.0. The molecule has 21 heavy (non-hydrogen) atoms. The summed E-state index contributed by atoms with van der Waals surface area (Å²) in [5.41, 5.74) is 9.35. The molecule has 0 saturated carbocycles. The van der Waals surface area contributed by atoms with Gasteiger partial charge in [0.1, 0.15) is 5.65 Å². The van der Waals surface area contributed by atoms with E-state index in [1.54, 1.807) is 22.7 Å². The molecule has 0 unspecified atom stereocenters. The smallest absolute Gasteiger partial charge is 0.266 e. The third-order valence-electron chi connectivity index (χ3n) is 3.51. The van der Waals surface area contributed by atoms with Crippen molar-refractivity contribution >= 4 is 11.3 Å². The average molecular weight is 279 g/mol. The van der Waals surface area contributed by atoms with Crippen molar-refractivity contribution in [1.29, 1.82) is 0 Å². The number of hydrogen-bond acceptors (Lipinski definition) is 3. The van der Waals surface area contributed by atoms with Crippen LogP contribution in [-0.4, -0.2) is 9.38 Å². The molecule has 0 spiro atoms. The first-order valence-electron chi connectivity index (χ1n) is 6.95. The molecule has 0 amide bonds. The maximum Gasteiger partial charge on any atom is 0.266 e. The van der Waals surface area contributed by atoms with Crippen molar-refractivity contribution in [2.75, 3.05) is 5.73 Å². The SMILES string of the molecule is CC(C)c1nc2ccccn2c(=O)c1-c1ccc(N)cc1. The minimum absolute atomic E-state index is 0.0472. The van der Waals surface area contributed by atoms with E-state index in [0.29, 0.717) is 16.9 Å². The lowest BCUT2D eigenvalue weighted by Crippen LogP contribution is -2.20. The lowest BCUT2D eigenvalue weighted by atomic mass is 9.98. The van der Waals surface area contributed by atoms with Gasteiger partial charge in [0.2, 0.25) is 0 Å². The molecule has 3 rings (SSSR count). The molecule has 106 valence electrons. The summed E-state index contributed by atoms with van der Waals surface area (Å²) in [4.78, 5) is 17.5. The van der Waals surface area contributed by atoms with Crippen LogP contribution in [0.5, 0.6) is 0 Å². The van der Waals surface area contributed by atoms with Crippen LogP contribution in [0.2, 0.25) is 0 Å². The van der Waals surface area contributed by atoms with Crippen molar-refractivity contribution in [3.05, 3.63) is 64.7 Å². The van der Waals surface area contributed by atoms with Crippen LogP contribution >= 0.6 is 0 Å². The molecule has 0 saturated heterocycles. The molecule has 4 heteroatoms. The quantitative estimate of drug-likeness (QED) is 0.733. The average Bonchev–Trinajstić information content (AvgIpc) is 2.48. The lowest BCUT2D eigenvalue weighted by Gasteiger charge is -2.13. The van der Waals surface area contributed by atoms with E-state index in [1.165, 1.54) is 0 Å². The zero-order valence-corrected chi connectivity index (χ0v) is 12.1. The third kappa shape index (κ3) is 2.29. The molecule has 0 radical (unpaired) electrons. The number of hydrogen-bond donors (Lipinski definition) is 1. The van der Waals surface area contributed by atoms with Crippen LogP contribution in [-0.2, 0) is 0 Å². The Morgan fingerprint density at radius 3 is 2.48 bits per heavy atom. The van der Waals surface area contributed by atoms with Crippen molar-refractivity contribution in [3.8, 4) is 11.1 Å². The Hall–Kier alpha value is -2.62. The number of nitrogens with two attached hydrogens (primary N) is 1. The summed E-state index contributed by atoms with van der Waals surface area (Å²) < 4.78 is 1.58. The Morgan fingerprint density at radius 1 is 1.10 bits per heavy atom. The first-order chi connectivity index (χ1) is 10.1. The van der Waals surface area contributed by atoms with Crippen molar-refractivity contribution in [1.82, 2.24) is 9.38 Å². The van der Waals surface area contributed by atoms with E-state index in [1.807, 2.05) is 44.2 Å². The summed E-state index contributed by atoms with van der Waals surface area (Å²) in [5, 5.41) is 0. The molecule has 1 aromatic carbocycles. The van der Waals surface area contributed by atoms with Gasteiger partial charge in [0, 0.05) is 11.9 Å². The number of anilines is 1. The highest BCUT2D eigenvalue weighted by Gasteiger charge is 2.16. The summed E-state index contributed by atoms with van der Waals surface area (Å²) in [5.74, 6) is 0.162. The van der Waals surface area contributed by atoms with Crippen molar-refractivity contribution < 1.29 is 0 Å². The molecule has 3 aromatic rings. The zero-order valence-electron chi connectivity index (χ0n) is 12.1. The summed E-state index contributed by atoms with van der Waals surface area (Å²) >= 11 is 0. The molecular formula is C17H17N3O. The highest BCUT2D eigenvalue weighted by atomic mass is 16.1. The van der Waals surface area contributed by atoms with Crippen LogP contribution in [0.25, 0.3) is 16.8 Å². The summed E-state index contributed by atoms with van der Waals surface area (Å²) in [7, 11) is 0. The lowest BCUT2D eigenvalue weighted by molar-refractivity contribution is 0.816. The molecule has 0 fully saturated rings. The predicted molar refractivity (Wildman–Crippen MR) is 85.4 cm³/mol. The van der Waals surface area contributed by atoms with Gasteiger partial charge in [-0.05, 0) is 35.7 Å². The molecule has 0 bridgehead atoms. The van der Waals surface area contributed by atoms with Crippen molar-refractivity contribution in [2.45, 2.75) is 19.8 Å². The van der Waals surface area contributed by atoms with Gasteiger partial charge >= 0.3 is 0 Å². The molecular weight excluding hydrogens is 262 g/mol. The molecule has 4 nitrogen and oxygen atoms in total. The summed E-state index contributed by atoms with van der Waals surface area (Å²) in [6, 6.07) is 12.9. The van der Waals surface area contributed by atoms with Gasteiger partial charge in [0.25, 0.3) is 5.56 Å². The Morgan fingerprint density at radius 2 is 1.81 bits per heavy atom.